The van der Waals surface area contributed by atoms with E-state index in [0.29, 0.717) is 15.7 Å². The first-order valence-corrected chi connectivity index (χ1v) is 8.78. The topological polar surface area (TPSA) is 32.3 Å². The van der Waals surface area contributed by atoms with Crippen LogP contribution in [0.25, 0.3) is 5.57 Å². The summed E-state index contributed by atoms with van der Waals surface area (Å²) >= 11 is 11.5. The Balaban J connectivity index is 1.92. The molecule has 2 aromatic carbocycles. The highest BCUT2D eigenvalue weighted by molar-refractivity contribution is 7.80. The molecule has 0 unspecified atom stereocenters. The number of nitrogens with one attached hydrogen (secondary N) is 1. The minimum atomic E-state index is -0.350. The number of allylic oxidation sites excluding steroid dienone is 1. The highest BCUT2D eigenvalue weighted by Crippen LogP contribution is 2.38. The predicted octanol–water partition coefficient (Wildman–Crippen LogP) is 5.06. The molecule has 0 saturated heterocycles. The fourth-order valence-electron chi connectivity index (χ4n) is 3.21. The summed E-state index contributed by atoms with van der Waals surface area (Å²) in [4.78, 5) is 14.5. The molecule has 0 spiro atoms. The van der Waals surface area contributed by atoms with Crippen LogP contribution in [0, 0.1) is 0 Å². The van der Waals surface area contributed by atoms with Gasteiger partial charge in [-0.2, -0.15) is 0 Å². The molecular formula is C20H19ClN2OS. The van der Waals surface area contributed by atoms with E-state index >= 15 is 0 Å². The third-order valence-corrected chi connectivity index (χ3v) is 4.75. The molecule has 0 saturated carbocycles. The standard InChI is InChI=1S/C20H19ClN2OS/c1-13-12-20(2,3)23(17-10-5-4-9-16(13)17)19(25)22-18(24)14-7-6-8-15(21)11-14/h4-12H,1-3H3,(H,22,24,25). The van der Waals surface area contributed by atoms with Crippen LogP contribution < -0.4 is 10.2 Å². The lowest BCUT2D eigenvalue weighted by Crippen LogP contribution is -2.54. The first kappa shape index (κ1) is 17.6. The number of hydrogen-bond donors (Lipinski definition) is 1. The molecule has 0 radical (unpaired) electrons. The van der Waals surface area contributed by atoms with Gasteiger partial charge in [-0.05, 0) is 62.8 Å². The van der Waals surface area contributed by atoms with Gasteiger partial charge >= 0.3 is 0 Å². The molecule has 1 heterocycles. The Kier molecular flexibility index (Phi) is 4.67. The van der Waals surface area contributed by atoms with Crippen LogP contribution in [0.5, 0.6) is 0 Å². The highest BCUT2D eigenvalue weighted by Gasteiger charge is 2.34. The number of benzene rings is 2. The van der Waals surface area contributed by atoms with Gasteiger partial charge in [-0.1, -0.05) is 41.9 Å². The van der Waals surface area contributed by atoms with E-state index in [4.69, 9.17) is 23.8 Å². The zero-order chi connectivity index (χ0) is 18.2. The number of carbonyl (C=O) groups excluding carboxylic acids is 1. The van der Waals surface area contributed by atoms with Crippen molar-refractivity contribution in [2.24, 2.45) is 0 Å². The van der Waals surface area contributed by atoms with Gasteiger partial charge in [0.05, 0.1) is 11.2 Å². The van der Waals surface area contributed by atoms with Crippen molar-refractivity contribution >= 4 is 46.1 Å². The Morgan fingerprint density at radius 3 is 2.60 bits per heavy atom. The van der Waals surface area contributed by atoms with E-state index in [0.717, 1.165) is 11.3 Å². The fraction of sp³-hybridized carbons (Fsp3) is 0.200. The average Bonchev–Trinajstić information content (AvgIpc) is 2.54. The first-order valence-electron chi connectivity index (χ1n) is 7.99. The summed E-state index contributed by atoms with van der Waals surface area (Å²) < 4.78 is 0. The largest absolute Gasteiger partial charge is 0.309 e. The van der Waals surface area contributed by atoms with Gasteiger partial charge in [0.1, 0.15) is 0 Å². The lowest BCUT2D eigenvalue weighted by molar-refractivity contribution is 0.0977. The first-order chi connectivity index (χ1) is 11.8. The van der Waals surface area contributed by atoms with Crippen molar-refractivity contribution in [1.82, 2.24) is 5.32 Å². The molecule has 1 aliphatic heterocycles. The summed E-state index contributed by atoms with van der Waals surface area (Å²) in [5.74, 6) is -0.271. The molecule has 0 fully saturated rings. The average molecular weight is 371 g/mol. The van der Waals surface area contributed by atoms with Gasteiger partial charge in [0.25, 0.3) is 5.91 Å². The lowest BCUT2D eigenvalue weighted by Gasteiger charge is -2.42. The number of anilines is 1. The lowest BCUT2D eigenvalue weighted by atomic mass is 9.89. The number of para-hydroxylation sites is 1. The van der Waals surface area contributed by atoms with Crippen molar-refractivity contribution in [1.29, 1.82) is 0 Å². The second-order valence-corrected chi connectivity index (χ2v) is 7.43. The minimum Gasteiger partial charge on any atom is -0.309 e. The van der Waals surface area contributed by atoms with Gasteiger partial charge in [-0.3, -0.25) is 10.1 Å². The number of amides is 1. The summed E-state index contributed by atoms with van der Waals surface area (Å²) in [5.41, 5.74) is 3.42. The molecule has 1 aliphatic rings. The van der Waals surface area contributed by atoms with E-state index < -0.39 is 0 Å². The molecule has 3 rings (SSSR count). The van der Waals surface area contributed by atoms with Crippen molar-refractivity contribution in [2.45, 2.75) is 26.3 Å². The van der Waals surface area contributed by atoms with Crippen LogP contribution in [0.3, 0.4) is 0 Å². The van der Waals surface area contributed by atoms with Gasteiger partial charge < -0.3 is 4.90 Å². The number of hydrogen-bond acceptors (Lipinski definition) is 2. The normalized spacial score (nSPS) is 15.2. The quantitative estimate of drug-likeness (QED) is 0.712. The van der Waals surface area contributed by atoms with E-state index in [1.807, 2.05) is 23.1 Å². The molecular weight excluding hydrogens is 352 g/mol. The maximum Gasteiger partial charge on any atom is 0.257 e. The summed E-state index contributed by atoms with van der Waals surface area (Å²) in [6, 6.07) is 14.9. The van der Waals surface area contributed by atoms with Crippen molar-refractivity contribution < 1.29 is 4.79 Å². The molecule has 1 amide bonds. The predicted molar refractivity (Wildman–Crippen MR) is 108 cm³/mol. The highest BCUT2D eigenvalue weighted by atomic mass is 35.5. The fourth-order valence-corrected chi connectivity index (χ4v) is 3.83. The number of nitrogens with zero attached hydrogens (tertiary/aromatic N) is 1. The number of rotatable bonds is 1. The number of fused-ring (bicyclic) bond motifs is 1. The van der Waals surface area contributed by atoms with Gasteiger partial charge in [0.15, 0.2) is 5.11 Å². The Bertz CT molecular complexity index is 889. The number of halogens is 1. The Morgan fingerprint density at radius 2 is 1.88 bits per heavy atom. The minimum absolute atomic E-state index is 0.271. The van der Waals surface area contributed by atoms with Crippen LogP contribution in [0.15, 0.2) is 54.6 Å². The maximum atomic E-state index is 12.5. The van der Waals surface area contributed by atoms with Crippen molar-refractivity contribution in [3.8, 4) is 0 Å². The van der Waals surface area contributed by atoms with Crippen molar-refractivity contribution in [3.05, 3.63) is 70.8 Å². The molecule has 0 aromatic heterocycles. The zero-order valence-corrected chi connectivity index (χ0v) is 15.9. The molecule has 128 valence electrons. The zero-order valence-electron chi connectivity index (χ0n) is 14.3. The second kappa shape index (κ2) is 6.62. The van der Waals surface area contributed by atoms with Crippen LogP contribution in [0.4, 0.5) is 5.69 Å². The molecule has 25 heavy (non-hydrogen) atoms. The molecule has 0 atom stereocenters. The molecule has 2 aromatic rings. The summed E-state index contributed by atoms with van der Waals surface area (Å²) in [6.07, 6.45) is 2.16. The smallest absolute Gasteiger partial charge is 0.257 e. The number of thiocarbonyl (C=S) groups is 1. The van der Waals surface area contributed by atoms with Crippen LogP contribution in [0.2, 0.25) is 5.02 Å². The van der Waals surface area contributed by atoms with Crippen molar-refractivity contribution in [3.63, 3.8) is 0 Å². The molecule has 5 heteroatoms. The summed E-state index contributed by atoms with van der Waals surface area (Å²) in [6.45, 7) is 6.24. The maximum absolute atomic E-state index is 12.5. The van der Waals surface area contributed by atoms with Crippen molar-refractivity contribution in [2.75, 3.05) is 4.90 Å². The Hall–Kier alpha value is -2.17. The third-order valence-electron chi connectivity index (χ3n) is 4.23. The van der Waals surface area contributed by atoms with E-state index in [9.17, 15) is 4.79 Å². The molecule has 0 bridgehead atoms. The Morgan fingerprint density at radius 1 is 1.16 bits per heavy atom. The summed E-state index contributed by atoms with van der Waals surface area (Å²) in [7, 11) is 0. The van der Waals surface area contributed by atoms with Crippen LogP contribution >= 0.6 is 23.8 Å². The Labute approximate surface area is 158 Å². The van der Waals surface area contributed by atoms with Crippen LogP contribution in [-0.2, 0) is 0 Å². The van der Waals surface area contributed by atoms with E-state index in [1.165, 1.54) is 5.57 Å². The summed E-state index contributed by atoms with van der Waals surface area (Å²) in [5, 5.41) is 3.72. The second-order valence-electron chi connectivity index (χ2n) is 6.60. The van der Waals surface area contributed by atoms with E-state index in [2.05, 4.69) is 38.2 Å². The van der Waals surface area contributed by atoms with Gasteiger partial charge in [-0.15, -0.1) is 0 Å². The molecule has 1 N–H and O–H groups in total. The van der Waals surface area contributed by atoms with E-state index in [-0.39, 0.29) is 11.4 Å². The van der Waals surface area contributed by atoms with Crippen LogP contribution in [0.1, 0.15) is 36.7 Å². The van der Waals surface area contributed by atoms with Gasteiger partial charge in [-0.25, -0.2) is 0 Å². The van der Waals surface area contributed by atoms with Gasteiger partial charge in [0.2, 0.25) is 0 Å². The molecule has 3 nitrogen and oxygen atoms in total. The number of carbonyl (C=O) groups is 1. The third kappa shape index (κ3) is 3.46. The van der Waals surface area contributed by atoms with E-state index in [1.54, 1.807) is 24.3 Å². The monoisotopic (exact) mass is 370 g/mol. The van der Waals surface area contributed by atoms with Gasteiger partial charge in [0, 0.05) is 16.1 Å². The molecule has 0 aliphatic carbocycles. The SMILES string of the molecule is CC1=CC(C)(C)N(C(=S)NC(=O)c2cccc(Cl)c2)c2ccccc21. The van der Waals surface area contributed by atoms with Crippen LogP contribution in [-0.4, -0.2) is 16.6 Å².